The summed E-state index contributed by atoms with van der Waals surface area (Å²) in [7, 11) is 0. The van der Waals surface area contributed by atoms with Crippen LogP contribution in [0.1, 0.15) is 6.42 Å². The molecule has 0 aliphatic rings. The minimum atomic E-state index is -0.456. The lowest BCUT2D eigenvalue weighted by Crippen LogP contribution is -1.98. The molecule has 0 saturated heterocycles. The van der Waals surface area contributed by atoms with E-state index in [2.05, 4.69) is 10.2 Å². The summed E-state index contributed by atoms with van der Waals surface area (Å²) in [5, 5.41) is 19.2. The fraction of sp³-hybridized carbons (Fsp3) is 0.176. The number of para-hydroxylation sites is 1. The molecular formula is C17H15N3O4S. The van der Waals surface area contributed by atoms with Crippen molar-refractivity contribution in [2.75, 3.05) is 12.4 Å². The molecule has 0 bridgehead atoms. The Kier molecular flexibility index (Phi) is 5.63. The standard InChI is InChI=1S/C17H15N3O4S/c21-20(22)14-7-4-6-13(12-14)16-18-19-17(24-16)25-11-5-10-23-15-8-2-1-3-9-15/h1-4,6-9,12H,5,10-11H2. The van der Waals surface area contributed by atoms with Crippen molar-refractivity contribution in [3.8, 4) is 17.2 Å². The Labute approximate surface area is 148 Å². The number of non-ortho nitro benzene ring substituents is 1. The first kappa shape index (κ1) is 17.0. The molecule has 0 fully saturated rings. The number of aromatic nitrogens is 2. The van der Waals surface area contributed by atoms with Gasteiger partial charge in [0.05, 0.1) is 11.5 Å². The van der Waals surface area contributed by atoms with Crippen molar-refractivity contribution in [3.05, 3.63) is 64.7 Å². The Balaban J connectivity index is 1.49. The van der Waals surface area contributed by atoms with Crippen molar-refractivity contribution in [2.24, 2.45) is 0 Å². The van der Waals surface area contributed by atoms with E-state index in [-0.39, 0.29) is 11.6 Å². The van der Waals surface area contributed by atoms with Gasteiger partial charge in [-0.2, -0.15) is 0 Å². The van der Waals surface area contributed by atoms with Gasteiger partial charge < -0.3 is 9.15 Å². The maximum absolute atomic E-state index is 10.8. The van der Waals surface area contributed by atoms with Crippen LogP contribution in [-0.4, -0.2) is 27.5 Å². The summed E-state index contributed by atoms with van der Waals surface area (Å²) in [6, 6.07) is 15.7. The summed E-state index contributed by atoms with van der Waals surface area (Å²) in [4.78, 5) is 10.4. The van der Waals surface area contributed by atoms with E-state index in [0.29, 0.717) is 17.4 Å². The molecule has 3 rings (SSSR count). The highest BCUT2D eigenvalue weighted by Gasteiger charge is 2.12. The van der Waals surface area contributed by atoms with Gasteiger partial charge >= 0.3 is 0 Å². The molecule has 0 saturated carbocycles. The molecule has 0 spiro atoms. The zero-order valence-corrected chi connectivity index (χ0v) is 14.0. The van der Waals surface area contributed by atoms with Crippen LogP contribution in [0.5, 0.6) is 5.75 Å². The number of nitro groups is 1. The van der Waals surface area contributed by atoms with E-state index in [0.717, 1.165) is 17.9 Å². The molecular weight excluding hydrogens is 342 g/mol. The van der Waals surface area contributed by atoms with Gasteiger partial charge in [-0.1, -0.05) is 36.0 Å². The largest absolute Gasteiger partial charge is 0.494 e. The van der Waals surface area contributed by atoms with Crippen LogP contribution < -0.4 is 4.74 Å². The number of nitro benzene ring substituents is 1. The maximum atomic E-state index is 10.8. The third-order valence-electron chi connectivity index (χ3n) is 3.24. The number of rotatable bonds is 8. The second-order valence-electron chi connectivity index (χ2n) is 5.04. The Morgan fingerprint density at radius 3 is 2.76 bits per heavy atom. The molecule has 2 aromatic carbocycles. The van der Waals surface area contributed by atoms with Crippen LogP contribution in [0, 0.1) is 10.1 Å². The topological polar surface area (TPSA) is 91.3 Å². The Bertz CT molecular complexity index is 839. The van der Waals surface area contributed by atoms with Crippen molar-refractivity contribution in [1.82, 2.24) is 10.2 Å². The van der Waals surface area contributed by atoms with Crippen LogP contribution in [0.15, 0.2) is 64.2 Å². The average molecular weight is 357 g/mol. The second-order valence-corrected chi connectivity index (χ2v) is 6.09. The normalized spacial score (nSPS) is 10.6. The number of nitrogens with zero attached hydrogens (tertiary/aromatic N) is 3. The molecule has 1 aromatic heterocycles. The SMILES string of the molecule is O=[N+]([O-])c1cccc(-c2nnc(SCCCOc3ccccc3)o2)c1. The van der Waals surface area contributed by atoms with Crippen LogP contribution in [0.3, 0.4) is 0 Å². The molecule has 0 aliphatic carbocycles. The summed E-state index contributed by atoms with van der Waals surface area (Å²) < 4.78 is 11.2. The highest BCUT2D eigenvalue weighted by Crippen LogP contribution is 2.26. The maximum Gasteiger partial charge on any atom is 0.276 e. The number of hydrogen-bond acceptors (Lipinski definition) is 7. The average Bonchev–Trinajstić information content (AvgIpc) is 3.11. The minimum absolute atomic E-state index is 0.0111. The first-order chi connectivity index (χ1) is 12.2. The van der Waals surface area contributed by atoms with Gasteiger partial charge in [-0.25, -0.2) is 0 Å². The Hall–Kier alpha value is -2.87. The predicted octanol–water partition coefficient (Wildman–Crippen LogP) is 4.21. The van der Waals surface area contributed by atoms with Crippen LogP contribution >= 0.6 is 11.8 Å². The zero-order chi connectivity index (χ0) is 17.5. The number of thioether (sulfide) groups is 1. The van der Waals surface area contributed by atoms with Crippen LogP contribution in [0.4, 0.5) is 5.69 Å². The van der Waals surface area contributed by atoms with Crippen molar-refractivity contribution in [1.29, 1.82) is 0 Å². The lowest BCUT2D eigenvalue weighted by Gasteiger charge is -2.04. The summed E-state index contributed by atoms with van der Waals surface area (Å²) in [5.41, 5.74) is 0.518. The molecule has 8 heteroatoms. The molecule has 0 N–H and O–H groups in total. The highest BCUT2D eigenvalue weighted by atomic mass is 32.2. The predicted molar refractivity (Wildman–Crippen MR) is 93.7 cm³/mol. The molecule has 0 amide bonds. The number of benzene rings is 2. The highest BCUT2D eigenvalue weighted by molar-refractivity contribution is 7.99. The van der Waals surface area contributed by atoms with Crippen LogP contribution in [0.25, 0.3) is 11.5 Å². The third kappa shape index (κ3) is 4.80. The van der Waals surface area contributed by atoms with Gasteiger partial charge in [0.2, 0.25) is 5.89 Å². The van der Waals surface area contributed by atoms with Gasteiger partial charge in [-0.3, -0.25) is 10.1 Å². The molecule has 0 atom stereocenters. The van der Waals surface area contributed by atoms with Crippen molar-refractivity contribution >= 4 is 17.4 Å². The van der Waals surface area contributed by atoms with Gasteiger partial charge in [-0.15, -0.1) is 10.2 Å². The van der Waals surface area contributed by atoms with Crippen molar-refractivity contribution in [2.45, 2.75) is 11.6 Å². The van der Waals surface area contributed by atoms with E-state index >= 15 is 0 Å². The first-order valence-electron chi connectivity index (χ1n) is 7.61. The van der Waals surface area contributed by atoms with Gasteiger partial charge in [0.25, 0.3) is 10.9 Å². The number of hydrogen-bond donors (Lipinski definition) is 0. The van der Waals surface area contributed by atoms with E-state index in [9.17, 15) is 10.1 Å². The van der Waals surface area contributed by atoms with E-state index in [1.165, 1.54) is 23.9 Å². The second kappa shape index (κ2) is 8.29. The number of ether oxygens (including phenoxy) is 1. The molecule has 0 aliphatic heterocycles. The first-order valence-corrected chi connectivity index (χ1v) is 8.60. The third-order valence-corrected chi connectivity index (χ3v) is 4.14. The monoisotopic (exact) mass is 357 g/mol. The van der Waals surface area contributed by atoms with Gasteiger partial charge in [-0.05, 0) is 24.6 Å². The van der Waals surface area contributed by atoms with Crippen LogP contribution in [-0.2, 0) is 0 Å². The van der Waals surface area contributed by atoms with Crippen molar-refractivity contribution < 1.29 is 14.1 Å². The molecule has 0 unspecified atom stereocenters. The van der Waals surface area contributed by atoms with E-state index in [4.69, 9.17) is 9.15 Å². The smallest absolute Gasteiger partial charge is 0.276 e. The summed E-state index contributed by atoms with van der Waals surface area (Å²) >= 11 is 1.43. The molecule has 7 nitrogen and oxygen atoms in total. The van der Waals surface area contributed by atoms with E-state index in [1.807, 2.05) is 30.3 Å². The lowest BCUT2D eigenvalue weighted by molar-refractivity contribution is -0.384. The van der Waals surface area contributed by atoms with E-state index < -0.39 is 4.92 Å². The summed E-state index contributed by atoms with van der Waals surface area (Å²) in [6.45, 7) is 0.600. The molecule has 3 aromatic rings. The minimum Gasteiger partial charge on any atom is -0.494 e. The molecule has 128 valence electrons. The summed E-state index contributed by atoms with van der Waals surface area (Å²) in [6.07, 6.45) is 0.827. The molecule has 0 radical (unpaired) electrons. The lowest BCUT2D eigenvalue weighted by atomic mass is 10.2. The van der Waals surface area contributed by atoms with Gasteiger partial charge in [0.1, 0.15) is 5.75 Å². The molecule has 1 heterocycles. The van der Waals surface area contributed by atoms with Gasteiger partial charge in [0, 0.05) is 23.4 Å². The quantitative estimate of drug-likeness (QED) is 0.258. The molecule has 25 heavy (non-hydrogen) atoms. The van der Waals surface area contributed by atoms with Gasteiger partial charge in [0.15, 0.2) is 0 Å². The van der Waals surface area contributed by atoms with E-state index in [1.54, 1.807) is 12.1 Å². The Morgan fingerprint density at radius 2 is 1.96 bits per heavy atom. The van der Waals surface area contributed by atoms with Crippen molar-refractivity contribution in [3.63, 3.8) is 0 Å². The summed E-state index contributed by atoms with van der Waals surface area (Å²) in [5.74, 6) is 1.88. The zero-order valence-electron chi connectivity index (χ0n) is 13.2. The Morgan fingerprint density at radius 1 is 1.12 bits per heavy atom. The fourth-order valence-corrected chi connectivity index (χ4v) is 2.74. The fourth-order valence-electron chi connectivity index (χ4n) is 2.06. The van der Waals surface area contributed by atoms with Crippen LogP contribution in [0.2, 0.25) is 0 Å².